The van der Waals surface area contributed by atoms with Crippen LogP contribution in [-0.2, 0) is 37.4 Å². The van der Waals surface area contributed by atoms with Crippen molar-refractivity contribution in [3.05, 3.63) is 426 Å². The molecule has 0 unspecified atom stereocenters. The summed E-state index contributed by atoms with van der Waals surface area (Å²) in [5.41, 5.74) is 22.4. The smallest absolute Gasteiger partial charge is 0.374 e. The van der Waals surface area contributed by atoms with Crippen molar-refractivity contribution < 1.29 is 53.2 Å². The molecule has 0 atom stereocenters. The molecule has 672 valence electrons. The molecule has 0 saturated heterocycles. The number of esters is 2. The molecule has 0 bridgehead atoms. The number of benzene rings is 12. The van der Waals surface area contributed by atoms with E-state index < -0.39 is 23.7 Å². The number of Topliss-reactive ketones (excluding diaryl/α,β-unsaturated/α-hetero) is 1. The highest BCUT2D eigenvalue weighted by Crippen LogP contribution is 2.29. The van der Waals surface area contributed by atoms with E-state index in [-0.39, 0.29) is 65.7 Å². The average Bonchev–Trinajstić information content (AvgIpc) is 0.765. The molecule has 15 aromatic rings. The van der Waals surface area contributed by atoms with Crippen LogP contribution >= 0.6 is 27.5 Å². The minimum absolute atomic E-state index is 0.0418. The number of fused-ring (bicyclic) bond motifs is 3. The van der Waals surface area contributed by atoms with Gasteiger partial charge in [0.25, 0.3) is 33.7 Å². The van der Waals surface area contributed by atoms with Gasteiger partial charge in [-0.05, 0) is 283 Å². The predicted octanol–water partition coefficient (Wildman–Crippen LogP) is 23.2. The first-order chi connectivity index (χ1) is 62.6. The molecule has 19 nitrogen and oxygen atoms in total. The zero-order valence-electron chi connectivity index (χ0n) is 76.8. The van der Waals surface area contributed by atoms with Crippen LogP contribution in [-0.4, -0.2) is 77.9 Å². The normalized spacial score (nSPS) is 10.5. The van der Waals surface area contributed by atoms with Crippen LogP contribution in [0.5, 0.6) is 0 Å². The zero-order chi connectivity index (χ0) is 95.6. The van der Waals surface area contributed by atoms with Gasteiger partial charge in [0.15, 0.2) is 0 Å². The van der Waals surface area contributed by atoms with Gasteiger partial charge in [0.05, 0.1) is 64.3 Å². The van der Waals surface area contributed by atoms with Crippen molar-refractivity contribution in [2.75, 3.05) is 23.8 Å². The van der Waals surface area contributed by atoms with E-state index in [2.05, 4.69) is 32.6 Å². The highest BCUT2D eigenvalue weighted by molar-refractivity contribution is 9.08. The van der Waals surface area contributed by atoms with Crippen LogP contribution in [0.2, 0.25) is 0 Å². The van der Waals surface area contributed by atoms with E-state index in [0.29, 0.717) is 55.4 Å². The largest absolute Gasteiger partial charge is 0.478 e. The van der Waals surface area contributed by atoms with Crippen molar-refractivity contribution in [2.24, 2.45) is 0 Å². The quantitative estimate of drug-likeness (QED) is 0.0286. The molecule has 0 aliphatic carbocycles. The molecule has 12 aromatic carbocycles. The Labute approximate surface area is 777 Å². The van der Waals surface area contributed by atoms with E-state index in [1.807, 2.05) is 312 Å². The molecule has 0 spiro atoms. The minimum Gasteiger partial charge on any atom is -0.478 e. The number of aliphatic hydroxyl groups excluding tert-OH is 1. The number of ketones is 1. The highest BCUT2D eigenvalue weighted by Gasteiger charge is 2.25. The van der Waals surface area contributed by atoms with Gasteiger partial charge < -0.3 is 30.3 Å². The number of aromatic nitrogens is 3. The topological polar surface area (TPSA) is 268 Å². The lowest BCUT2D eigenvalue weighted by Gasteiger charge is -2.16. The van der Waals surface area contributed by atoms with Gasteiger partial charge in [0.2, 0.25) is 5.78 Å². The summed E-state index contributed by atoms with van der Waals surface area (Å²) in [5.74, 6) is -3.24. The minimum atomic E-state index is -0.880. The summed E-state index contributed by atoms with van der Waals surface area (Å²) in [7, 11) is 0. The molecule has 3 aromatic heterocycles. The third kappa shape index (κ3) is 25.0. The number of para-hydroxylation sites is 5. The number of nitrogens with zero attached hydrogens (tertiary/aromatic N) is 3. The summed E-state index contributed by atoms with van der Waals surface area (Å²) in [6.45, 7) is 32.3. The predicted molar refractivity (Wildman–Crippen MR) is 531 cm³/mol. The molecular formula is C110H109BrClN5O14. The molecule has 0 aliphatic heterocycles. The third-order valence-electron chi connectivity index (χ3n) is 22.1. The Morgan fingerprint density at radius 3 is 1.03 bits per heavy atom. The van der Waals surface area contributed by atoms with E-state index in [4.69, 9.17) is 26.2 Å². The number of nitrogens with one attached hydrogen (secondary N) is 2. The number of carbonyl (C=O) groups excluding carboxylic acids is 6. The second-order valence-corrected chi connectivity index (χ2v) is 32.5. The van der Waals surface area contributed by atoms with Crippen LogP contribution in [0.25, 0.3) is 49.4 Å². The Balaban J connectivity index is 0.000000175. The SMILES string of the molecule is CCOC(=O)C(=O)Cc1cccc(C)c1C(=O)Nc1ccccc1C.CCOC(=O)c1cc2cccc(C)c2c(=O)n1-c1ccccc1C.Cc1cccc(C)c1C(=O)Cl.Cc1cccc(C)c1C(=O)O.Cc1ccccc1-n1c(CBr)cc2cccc(C)c2c1=O.Cc1ccccc1-n1c(CO)cc2cccc(C)c2c1=O.Cc1ccccc1NC(=O)c1c(C)cccc1C. The Morgan fingerprint density at radius 2 is 0.664 bits per heavy atom. The molecule has 2 amide bonds. The number of rotatable bonds is 17. The molecule has 0 saturated carbocycles. The highest BCUT2D eigenvalue weighted by atomic mass is 79.9. The van der Waals surface area contributed by atoms with Crippen LogP contribution < -0.4 is 27.3 Å². The van der Waals surface area contributed by atoms with Gasteiger partial charge in [-0.3, -0.25) is 47.3 Å². The fraction of sp³-hybridized carbons (Fsp3) is 0.200. The number of carbonyl (C=O) groups is 7. The third-order valence-corrected chi connectivity index (χ3v) is 22.8. The number of pyridine rings is 3. The number of amides is 2. The summed E-state index contributed by atoms with van der Waals surface area (Å²) in [4.78, 5) is 122. The van der Waals surface area contributed by atoms with Crippen molar-refractivity contribution in [3.63, 3.8) is 0 Å². The number of aliphatic hydroxyl groups is 1. The zero-order valence-corrected chi connectivity index (χ0v) is 79.2. The molecule has 0 aliphatic rings. The maximum absolute atomic E-state index is 13.2. The van der Waals surface area contributed by atoms with Crippen LogP contribution in [0.3, 0.4) is 0 Å². The Hall–Kier alpha value is -14.3. The Morgan fingerprint density at radius 1 is 0.351 bits per heavy atom. The Bertz CT molecular complexity index is 6710. The fourth-order valence-electron chi connectivity index (χ4n) is 15.4. The number of aromatic carboxylic acids is 1. The second-order valence-electron chi connectivity index (χ2n) is 31.6. The standard InChI is InChI=1S/C20H21NO4.C20H19NO3.C18H16BrNO.C18H17NO2.C16H17NO.C9H9ClO.C9H10O2/c1-4-25-20(24)17(22)12-15-10-7-9-14(3)18(15)19(23)21-16-11-6-5-8-13(16)2;1-4-24-20(23)17-12-15-10-7-9-14(3)18(15)19(22)21(17)16-11-6-5-8-13(16)2;1-12-6-3-4-9-16(12)20-15(11-19)10-14-8-5-7-13(2)17(14)18(20)21;1-12-6-3-4-9-16(12)19-15(11-20)10-14-8-5-7-13(2)17(14)18(19)21;1-11-7-4-5-10-14(11)17-16(18)15-12(2)8-6-9-13(15)3;2*1-6-4-3-5-7(2)8(6)9(10)11/h5-11H,4,12H2,1-3H3,(H,21,23);5-12H,4H2,1-3H3;3-10H,11H2,1-2H3;3-10,20H,11H2,1-2H3;4-10H,1-3H3,(H,17,18);3-5H,1-2H3;3-5H,1-2H3,(H,10,11). The molecular weight excluding hydrogens is 1730 g/mol. The lowest BCUT2D eigenvalue weighted by molar-refractivity contribution is -0.153. The van der Waals surface area contributed by atoms with Gasteiger partial charge >= 0.3 is 17.9 Å². The number of carboxylic acid groups (broad SMARTS) is 1. The molecule has 0 fully saturated rings. The molecule has 0 radical (unpaired) electrons. The maximum atomic E-state index is 13.2. The number of anilines is 2. The number of hydrogen-bond acceptors (Lipinski definition) is 13. The first-order valence-electron chi connectivity index (χ1n) is 42.7. The van der Waals surface area contributed by atoms with Crippen LogP contribution in [0, 0.1) is 104 Å². The van der Waals surface area contributed by atoms with Crippen molar-refractivity contribution in [1.29, 1.82) is 0 Å². The van der Waals surface area contributed by atoms with Crippen LogP contribution in [0.4, 0.5) is 11.4 Å². The van der Waals surface area contributed by atoms with Gasteiger partial charge in [-0.15, -0.1) is 0 Å². The van der Waals surface area contributed by atoms with Crippen molar-refractivity contribution in [1.82, 2.24) is 13.7 Å². The van der Waals surface area contributed by atoms with Crippen molar-refractivity contribution in [3.8, 4) is 17.1 Å². The summed E-state index contributed by atoms with van der Waals surface area (Å²) in [5, 5.41) is 29.2. The van der Waals surface area contributed by atoms with E-state index in [0.717, 1.165) is 133 Å². The van der Waals surface area contributed by atoms with Crippen LogP contribution in [0.15, 0.2) is 281 Å². The fourth-order valence-corrected chi connectivity index (χ4v) is 16.1. The molecule has 15 rings (SSSR count). The van der Waals surface area contributed by atoms with Crippen molar-refractivity contribution >= 4 is 112 Å². The summed E-state index contributed by atoms with van der Waals surface area (Å²) >= 11 is 8.88. The second kappa shape index (κ2) is 47.1. The molecule has 21 heteroatoms. The summed E-state index contributed by atoms with van der Waals surface area (Å²) < 4.78 is 14.8. The van der Waals surface area contributed by atoms with Crippen molar-refractivity contribution in [2.45, 2.75) is 136 Å². The average molecular weight is 1840 g/mol. The number of carboxylic acids is 1. The molecule has 131 heavy (non-hydrogen) atoms. The maximum Gasteiger partial charge on any atom is 0.374 e. The van der Waals surface area contributed by atoms with Gasteiger partial charge in [-0.1, -0.05) is 234 Å². The number of halogens is 2. The van der Waals surface area contributed by atoms with Gasteiger partial charge in [0, 0.05) is 45.5 Å². The summed E-state index contributed by atoms with van der Waals surface area (Å²) in [6.07, 6.45) is -0.170. The molecule has 3 heterocycles. The summed E-state index contributed by atoms with van der Waals surface area (Å²) in [6, 6.07) is 83.7. The van der Waals surface area contributed by atoms with E-state index in [1.165, 1.54) is 4.57 Å². The van der Waals surface area contributed by atoms with Crippen LogP contribution in [0.1, 0.15) is 166 Å². The monoisotopic (exact) mass is 1840 g/mol. The van der Waals surface area contributed by atoms with Gasteiger partial charge in [-0.25, -0.2) is 14.4 Å². The van der Waals surface area contributed by atoms with E-state index in [9.17, 15) is 53.1 Å². The van der Waals surface area contributed by atoms with E-state index >= 15 is 0 Å². The lowest BCUT2D eigenvalue weighted by atomic mass is 9.97. The first kappa shape index (κ1) is 100. The number of alkyl halides is 1. The number of ether oxygens (including phenoxy) is 2. The Kier molecular flexibility index (Phi) is 36.1. The van der Waals surface area contributed by atoms with E-state index in [1.54, 1.807) is 75.6 Å². The first-order valence-corrected chi connectivity index (χ1v) is 44.2. The number of aryl methyl sites for hydroxylation is 15. The van der Waals surface area contributed by atoms with Gasteiger partial charge in [0.1, 0.15) is 5.69 Å². The lowest BCUT2D eigenvalue weighted by Crippen LogP contribution is -2.26. The van der Waals surface area contributed by atoms with Gasteiger partial charge in [-0.2, -0.15) is 0 Å². The number of hydrogen-bond donors (Lipinski definition) is 4. The molecule has 4 N–H and O–H groups in total.